The largest absolute Gasteiger partial charge is 0.339 e. The monoisotopic (exact) mass is 241 g/mol. The lowest BCUT2D eigenvalue weighted by molar-refractivity contribution is 0.355. The molecule has 0 saturated carbocycles. The Morgan fingerprint density at radius 1 is 1.56 bits per heavy atom. The average molecular weight is 241 g/mol. The minimum atomic E-state index is 0.746. The first-order valence-electron chi connectivity index (χ1n) is 5.92. The molecule has 0 radical (unpaired) electrons. The van der Waals surface area contributed by atoms with E-state index in [-0.39, 0.29) is 0 Å². The maximum atomic E-state index is 5.27. The molecule has 0 aliphatic carbocycles. The van der Waals surface area contributed by atoms with Crippen molar-refractivity contribution in [2.75, 3.05) is 25.1 Å². The van der Waals surface area contributed by atoms with Gasteiger partial charge in [-0.3, -0.25) is 0 Å². The Kier molecular flexibility index (Phi) is 4.66. The summed E-state index contributed by atoms with van der Waals surface area (Å²) in [5.41, 5.74) is 0. The molecule has 16 heavy (non-hydrogen) atoms. The molecule has 0 bridgehead atoms. The molecule has 0 aromatic carbocycles. The van der Waals surface area contributed by atoms with Gasteiger partial charge in [-0.25, -0.2) is 0 Å². The summed E-state index contributed by atoms with van der Waals surface area (Å²) >= 11 is 2.03. The van der Waals surface area contributed by atoms with Crippen LogP contribution in [-0.4, -0.2) is 35.2 Å². The number of hydrogen-bond acceptors (Lipinski definition) is 5. The normalized spacial score (nSPS) is 20.4. The molecule has 1 atom stereocenters. The number of aryl methyl sites for hydroxylation is 1. The molecule has 1 saturated heterocycles. The third-order valence-electron chi connectivity index (χ3n) is 2.82. The van der Waals surface area contributed by atoms with Gasteiger partial charge in [0.05, 0.1) is 0 Å². The quantitative estimate of drug-likeness (QED) is 0.765. The average Bonchev–Trinajstić information content (AvgIpc) is 2.91. The molecule has 4 nitrogen and oxygen atoms in total. The maximum absolute atomic E-state index is 5.27. The topological polar surface area (TPSA) is 51.0 Å². The van der Waals surface area contributed by atoms with Gasteiger partial charge < -0.3 is 9.84 Å². The first-order chi connectivity index (χ1) is 7.88. The van der Waals surface area contributed by atoms with E-state index in [1.54, 1.807) is 0 Å². The van der Waals surface area contributed by atoms with Gasteiger partial charge in [0.2, 0.25) is 5.89 Å². The highest BCUT2D eigenvalue weighted by molar-refractivity contribution is 7.99. The second-order valence-electron chi connectivity index (χ2n) is 4.25. The molecule has 0 amide bonds. The smallest absolute Gasteiger partial charge is 0.226 e. The van der Waals surface area contributed by atoms with Crippen molar-refractivity contribution >= 4 is 11.8 Å². The van der Waals surface area contributed by atoms with Gasteiger partial charge in [0.15, 0.2) is 5.82 Å². The van der Waals surface area contributed by atoms with E-state index < -0.39 is 0 Å². The molecule has 90 valence electrons. The highest BCUT2D eigenvalue weighted by Gasteiger charge is 2.19. The van der Waals surface area contributed by atoms with Gasteiger partial charge in [0.1, 0.15) is 0 Å². The number of rotatable bonds is 6. The van der Waals surface area contributed by atoms with Gasteiger partial charge in [-0.15, -0.1) is 0 Å². The zero-order chi connectivity index (χ0) is 11.2. The highest BCUT2D eigenvalue weighted by atomic mass is 32.2. The zero-order valence-corrected chi connectivity index (χ0v) is 10.6. The van der Waals surface area contributed by atoms with Crippen LogP contribution in [0.1, 0.15) is 24.6 Å². The standard InChI is InChI=1S/C11H19N3OS/c1-12-5-2-3-10-13-11(15-14-10)7-9-4-6-16-8-9/h9,12H,2-8H2,1H3. The van der Waals surface area contributed by atoms with Gasteiger partial charge in [-0.1, -0.05) is 5.16 Å². The lowest BCUT2D eigenvalue weighted by Crippen LogP contribution is -2.08. The molecule has 1 aliphatic heterocycles. The minimum Gasteiger partial charge on any atom is -0.339 e. The number of nitrogens with zero attached hydrogens (tertiary/aromatic N) is 2. The molecular formula is C11H19N3OS. The lowest BCUT2D eigenvalue weighted by Gasteiger charge is -2.01. The van der Waals surface area contributed by atoms with E-state index in [1.165, 1.54) is 17.9 Å². The van der Waals surface area contributed by atoms with Crippen LogP contribution in [0.4, 0.5) is 0 Å². The Hall–Kier alpha value is -0.550. The SMILES string of the molecule is CNCCCc1noc(CC2CCSC2)n1. The molecule has 2 rings (SSSR count). The molecule has 1 N–H and O–H groups in total. The molecule has 1 aliphatic rings. The Morgan fingerprint density at radius 3 is 3.25 bits per heavy atom. The summed E-state index contributed by atoms with van der Waals surface area (Å²) in [4.78, 5) is 4.43. The first-order valence-corrected chi connectivity index (χ1v) is 7.07. The summed E-state index contributed by atoms with van der Waals surface area (Å²) < 4.78 is 5.27. The second kappa shape index (κ2) is 6.25. The summed E-state index contributed by atoms with van der Waals surface area (Å²) in [6.07, 6.45) is 4.23. The third-order valence-corrected chi connectivity index (χ3v) is 4.06. The fourth-order valence-electron chi connectivity index (χ4n) is 1.89. The van der Waals surface area contributed by atoms with Crippen LogP contribution in [0.2, 0.25) is 0 Å². The van der Waals surface area contributed by atoms with Crippen LogP contribution < -0.4 is 5.32 Å². The van der Waals surface area contributed by atoms with Gasteiger partial charge >= 0.3 is 0 Å². The van der Waals surface area contributed by atoms with Gasteiger partial charge in [-0.2, -0.15) is 16.7 Å². The van der Waals surface area contributed by atoms with Crippen LogP contribution in [0.15, 0.2) is 4.52 Å². The van der Waals surface area contributed by atoms with Crippen molar-refractivity contribution in [1.29, 1.82) is 0 Å². The van der Waals surface area contributed by atoms with E-state index in [0.29, 0.717) is 0 Å². The van der Waals surface area contributed by atoms with Crippen molar-refractivity contribution < 1.29 is 4.52 Å². The lowest BCUT2D eigenvalue weighted by atomic mass is 10.1. The van der Waals surface area contributed by atoms with Crippen molar-refractivity contribution in [3.63, 3.8) is 0 Å². The first kappa shape index (κ1) is 11.9. The second-order valence-corrected chi connectivity index (χ2v) is 5.40. The van der Waals surface area contributed by atoms with Crippen LogP contribution >= 0.6 is 11.8 Å². The molecule has 1 aromatic rings. The Balaban J connectivity index is 1.77. The van der Waals surface area contributed by atoms with Gasteiger partial charge in [0, 0.05) is 12.8 Å². The van der Waals surface area contributed by atoms with Crippen LogP contribution in [-0.2, 0) is 12.8 Å². The predicted molar refractivity (Wildman–Crippen MR) is 65.7 cm³/mol. The van der Waals surface area contributed by atoms with Crippen LogP contribution in [0.5, 0.6) is 0 Å². The zero-order valence-electron chi connectivity index (χ0n) is 9.74. The van der Waals surface area contributed by atoms with E-state index in [4.69, 9.17) is 4.52 Å². The van der Waals surface area contributed by atoms with E-state index in [0.717, 1.165) is 43.4 Å². The third kappa shape index (κ3) is 3.49. The van der Waals surface area contributed by atoms with Crippen molar-refractivity contribution in [3.05, 3.63) is 11.7 Å². The van der Waals surface area contributed by atoms with Crippen molar-refractivity contribution in [1.82, 2.24) is 15.5 Å². The van der Waals surface area contributed by atoms with Crippen molar-refractivity contribution in [2.24, 2.45) is 5.92 Å². The summed E-state index contributed by atoms with van der Waals surface area (Å²) in [6.45, 7) is 1.00. The van der Waals surface area contributed by atoms with Gasteiger partial charge in [-0.05, 0) is 43.9 Å². The highest BCUT2D eigenvalue weighted by Crippen LogP contribution is 2.26. The minimum absolute atomic E-state index is 0.746. The summed E-state index contributed by atoms with van der Waals surface area (Å²) in [6, 6.07) is 0. The van der Waals surface area contributed by atoms with Gasteiger partial charge in [0.25, 0.3) is 0 Å². The Bertz CT molecular complexity index is 310. The molecule has 1 aromatic heterocycles. The molecule has 0 spiro atoms. The van der Waals surface area contributed by atoms with E-state index in [1.807, 2.05) is 18.8 Å². The summed E-state index contributed by atoms with van der Waals surface area (Å²) in [5.74, 6) is 4.96. The Labute approximate surface area is 101 Å². The fourth-order valence-corrected chi connectivity index (χ4v) is 3.17. The maximum Gasteiger partial charge on any atom is 0.226 e. The molecular weight excluding hydrogens is 222 g/mol. The van der Waals surface area contributed by atoms with E-state index >= 15 is 0 Å². The fraction of sp³-hybridized carbons (Fsp3) is 0.818. The Morgan fingerprint density at radius 2 is 2.50 bits per heavy atom. The van der Waals surface area contributed by atoms with Crippen LogP contribution in [0.25, 0.3) is 0 Å². The molecule has 1 unspecified atom stereocenters. The number of aromatic nitrogens is 2. The summed E-state index contributed by atoms with van der Waals surface area (Å²) in [5, 5.41) is 7.12. The number of hydrogen-bond donors (Lipinski definition) is 1. The van der Waals surface area contributed by atoms with Crippen LogP contribution in [0, 0.1) is 5.92 Å². The van der Waals surface area contributed by atoms with E-state index in [9.17, 15) is 0 Å². The molecule has 2 heterocycles. The molecule has 1 fully saturated rings. The van der Waals surface area contributed by atoms with Crippen molar-refractivity contribution in [3.8, 4) is 0 Å². The summed E-state index contributed by atoms with van der Waals surface area (Å²) in [7, 11) is 1.96. The van der Waals surface area contributed by atoms with Crippen LogP contribution in [0.3, 0.4) is 0 Å². The number of thioether (sulfide) groups is 1. The van der Waals surface area contributed by atoms with E-state index in [2.05, 4.69) is 15.5 Å². The predicted octanol–water partition coefficient (Wildman–Crippen LogP) is 1.52. The molecule has 5 heteroatoms. The van der Waals surface area contributed by atoms with Crippen molar-refractivity contribution in [2.45, 2.75) is 25.7 Å². The number of nitrogens with one attached hydrogen (secondary N) is 1.